The predicted molar refractivity (Wildman–Crippen MR) is 68.1 cm³/mol. The summed E-state index contributed by atoms with van der Waals surface area (Å²) in [4.78, 5) is 0. The molecule has 1 fully saturated rings. The van der Waals surface area contributed by atoms with E-state index in [1.165, 1.54) is 0 Å². The van der Waals surface area contributed by atoms with E-state index in [4.69, 9.17) is 5.73 Å². The van der Waals surface area contributed by atoms with Gasteiger partial charge in [0.15, 0.2) is 0 Å². The molecule has 2 N–H and O–H groups in total. The van der Waals surface area contributed by atoms with Crippen LogP contribution in [-0.4, -0.2) is 11.7 Å². The third-order valence-corrected chi connectivity index (χ3v) is 4.17. The Hall–Kier alpha value is -0.410. The highest BCUT2D eigenvalue weighted by Gasteiger charge is 2.34. The third-order valence-electron chi connectivity index (χ3n) is 3.39. The van der Waals surface area contributed by atoms with Crippen LogP contribution < -0.4 is 5.73 Å². The molecule has 0 atom stereocenters. The lowest BCUT2D eigenvalue weighted by Crippen LogP contribution is -2.37. The fourth-order valence-corrected chi connectivity index (χ4v) is 2.74. The normalized spacial score (nSPS) is 30.3. The minimum atomic E-state index is -1.06. The van der Waals surface area contributed by atoms with E-state index < -0.39 is 5.67 Å². The molecule has 0 aliphatic heterocycles. The van der Waals surface area contributed by atoms with Crippen LogP contribution >= 0.6 is 15.9 Å². The van der Waals surface area contributed by atoms with Gasteiger partial charge in [0.05, 0.1) is 0 Å². The summed E-state index contributed by atoms with van der Waals surface area (Å²) in [5.74, 6) is 0. The standard InChI is InChI=1S/C13H17BrFN/c14-12-4-2-1-3-10(12)9-13(15)7-5-11(16)6-8-13/h1-4,11H,5-9,16H2. The van der Waals surface area contributed by atoms with Crippen molar-refractivity contribution in [2.75, 3.05) is 0 Å². The highest BCUT2D eigenvalue weighted by molar-refractivity contribution is 9.10. The molecule has 1 aliphatic rings. The molecule has 0 heterocycles. The lowest BCUT2D eigenvalue weighted by Gasteiger charge is -2.32. The highest BCUT2D eigenvalue weighted by atomic mass is 79.9. The van der Waals surface area contributed by atoms with Gasteiger partial charge in [-0.25, -0.2) is 4.39 Å². The average molecular weight is 286 g/mol. The molecule has 1 aliphatic carbocycles. The van der Waals surface area contributed by atoms with Crippen molar-refractivity contribution in [3.8, 4) is 0 Å². The first-order valence-electron chi connectivity index (χ1n) is 5.77. The van der Waals surface area contributed by atoms with Gasteiger partial charge < -0.3 is 5.73 Å². The molecule has 3 heteroatoms. The predicted octanol–water partition coefficient (Wildman–Crippen LogP) is 3.60. The third kappa shape index (κ3) is 2.83. The van der Waals surface area contributed by atoms with Gasteiger partial charge >= 0.3 is 0 Å². The van der Waals surface area contributed by atoms with Gasteiger partial charge in [-0.1, -0.05) is 34.1 Å². The second kappa shape index (κ2) is 4.84. The van der Waals surface area contributed by atoms with E-state index in [0.29, 0.717) is 19.3 Å². The topological polar surface area (TPSA) is 26.0 Å². The van der Waals surface area contributed by atoms with Crippen LogP contribution in [0.4, 0.5) is 4.39 Å². The quantitative estimate of drug-likeness (QED) is 0.883. The van der Waals surface area contributed by atoms with Gasteiger partial charge in [-0.15, -0.1) is 0 Å². The lowest BCUT2D eigenvalue weighted by atomic mass is 9.80. The summed E-state index contributed by atoms with van der Waals surface area (Å²) < 4.78 is 15.5. The zero-order valence-corrected chi connectivity index (χ0v) is 10.8. The Bertz CT molecular complexity index is 359. The van der Waals surface area contributed by atoms with Gasteiger partial charge in [0.25, 0.3) is 0 Å². The molecule has 16 heavy (non-hydrogen) atoms. The fourth-order valence-electron chi connectivity index (χ4n) is 2.32. The SMILES string of the molecule is NC1CCC(F)(Cc2ccccc2Br)CC1. The van der Waals surface area contributed by atoms with Crippen molar-refractivity contribution < 1.29 is 4.39 Å². The van der Waals surface area contributed by atoms with Gasteiger partial charge in [-0.3, -0.25) is 0 Å². The number of alkyl halides is 1. The van der Waals surface area contributed by atoms with E-state index in [0.717, 1.165) is 22.9 Å². The van der Waals surface area contributed by atoms with Crippen molar-refractivity contribution >= 4 is 15.9 Å². The molecule has 0 radical (unpaired) electrons. The molecule has 0 unspecified atom stereocenters. The van der Waals surface area contributed by atoms with Gasteiger partial charge in [0, 0.05) is 16.9 Å². The van der Waals surface area contributed by atoms with E-state index in [1.54, 1.807) is 0 Å². The van der Waals surface area contributed by atoms with Gasteiger partial charge in [0.1, 0.15) is 5.67 Å². The molecule has 0 amide bonds. The number of rotatable bonds is 2. The molecule has 1 aromatic rings. The van der Waals surface area contributed by atoms with Crippen LogP contribution in [0.15, 0.2) is 28.7 Å². The first-order chi connectivity index (χ1) is 7.59. The van der Waals surface area contributed by atoms with Crippen LogP contribution in [0.1, 0.15) is 31.2 Å². The molecular weight excluding hydrogens is 269 g/mol. The molecule has 1 saturated carbocycles. The first kappa shape index (κ1) is 12.1. The molecule has 0 aromatic heterocycles. The Labute approximate surface area is 104 Å². The molecule has 1 nitrogen and oxygen atoms in total. The maximum absolute atomic E-state index is 14.5. The largest absolute Gasteiger partial charge is 0.328 e. The number of benzene rings is 1. The smallest absolute Gasteiger partial charge is 0.115 e. The fraction of sp³-hybridized carbons (Fsp3) is 0.538. The van der Waals surface area contributed by atoms with E-state index in [-0.39, 0.29) is 6.04 Å². The van der Waals surface area contributed by atoms with Crippen LogP contribution in [0.2, 0.25) is 0 Å². The van der Waals surface area contributed by atoms with Crippen molar-refractivity contribution in [2.45, 2.75) is 43.8 Å². The van der Waals surface area contributed by atoms with Crippen molar-refractivity contribution in [1.82, 2.24) is 0 Å². The zero-order chi connectivity index (χ0) is 11.6. The monoisotopic (exact) mass is 285 g/mol. The number of nitrogens with two attached hydrogens (primary N) is 1. The molecule has 0 saturated heterocycles. The highest BCUT2D eigenvalue weighted by Crippen LogP contribution is 2.35. The van der Waals surface area contributed by atoms with Crippen LogP contribution in [0.25, 0.3) is 0 Å². The minimum Gasteiger partial charge on any atom is -0.328 e. The van der Waals surface area contributed by atoms with E-state index in [9.17, 15) is 4.39 Å². The van der Waals surface area contributed by atoms with Crippen LogP contribution in [0.3, 0.4) is 0 Å². The van der Waals surface area contributed by atoms with Crippen molar-refractivity contribution in [3.05, 3.63) is 34.3 Å². The molecule has 0 bridgehead atoms. The average Bonchev–Trinajstić information content (AvgIpc) is 2.27. The minimum absolute atomic E-state index is 0.197. The van der Waals surface area contributed by atoms with Crippen molar-refractivity contribution in [1.29, 1.82) is 0 Å². The molecule has 88 valence electrons. The summed E-state index contributed by atoms with van der Waals surface area (Å²) in [6.45, 7) is 0. The molecule has 1 aromatic carbocycles. The first-order valence-corrected chi connectivity index (χ1v) is 6.56. The number of hydrogen-bond donors (Lipinski definition) is 1. The van der Waals surface area contributed by atoms with Crippen LogP contribution in [0.5, 0.6) is 0 Å². The summed E-state index contributed by atoms with van der Waals surface area (Å²) >= 11 is 3.47. The number of hydrogen-bond acceptors (Lipinski definition) is 1. The Morgan fingerprint density at radius 2 is 1.94 bits per heavy atom. The van der Waals surface area contributed by atoms with Crippen molar-refractivity contribution in [3.63, 3.8) is 0 Å². The summed E-state index contributed by atoms with van der Waals surface area (Å²) in [7, 11) is 0. The Balaban J connectivity index is 2.07. The summed E-state index contributed by atoms with van der Waals surface area (Å²) in [6, 6.07) is 8.06. The van der Waals surface area contributed by atoms with E-state index >= 15 is 0 Å². The van der Waals surface area contributed by atoms with Crippen molar-refractivity contribution in [2.24, 2.45) is 5.73 Å². The molecule has 0 spiro atoms. The van der Waals surface area contributed by atoms with E-state index in [2.05, 4.69) is 15.9 Å². The second-order valence-electron chi connectivity index (χ2n) is 4.76. The van der Waals surface area contributed by atoms with Gasteiger partial charge in [0.2, 0.25) is 0 Å². The van der Waals surface area contributed by atoms with Gasteiger partial charge in [-0.05, 0) is 37.3 Å². The van der Waals surface area contributed by atoms with Crippen LogP contribution in [0, 0.1) is 0 Å². The van der Waals surface area contributed by atoms with Crippen LogP contribution in [-0.2, 0) is 6.42 Å². The Morgan fingerprint density at radius 1 is 1.31 bits per heavy atom. The summed E-state index contributed by atoms with van der Waals surface area (Å²) in [5.41, 5.74) is 5.80. The maximum atomic E-state index is 14.5. The Morgan fingerprint density at radius 3 is 2.56 bits per heavy atom. The molecular formula is C13H17BrFN. The second-order valence-corrected chi connectivity index (χ2v) is 5.61. The summed E-state index contributed by atoms with van der Waals surface area (Å²) in [5, 5.41) is 0. The lowest BCUT2D eigenvalue weighted by molar-refractivity contribution is 0.0993. The number of halogens is 2. The van der Waals surface area contributed by atoms with Gasteiger partial charge in [-0.2, -0.15) is 0 Å². The summed E-state index contributed by atoms with van der Waals surface area (Å²) in [6.07, 6.45) is 3.30. The maximum Gasteiger partial charge on any atom is 0.115 e. The molecule has 2 rings (SSSR count). The Kier molecular flexibility index (Phi) is 3.65. The zero-order valence-electron chi connectivity index (χ0n) is 9.26. The van der Waals surface area contributed by atoms with E-state index in [1.807, 2.05) is 24.3 Å².